The van der Waals surface area contributed by atoms with Gasteiger partial charge in [0, 0.05) is 38.0 Å². The number of aliphatic imine (C=N–C) groups is 1. The molecule has 1 atom stereocenters. The van der Waals surface area contributed by atoms with Crippen molar-refractivity contribution in [3.05, 3.63) is 85.3 Å². The van der Waals surface area contributed by atoms with Crippen LogP contribution < -0.4 is 16.0 Å². The van der Waals surface area contributed by atoms with E-state index in [4.69, 9.17) is 21.3 Å². The highest BCUT2D eigenvalue weighted by Crippen LogP contribution is 2.29. The summed E-state index contributed by atoms with van der Waals surface area (Å²) in [5.41, 5.74) is 1.66. The number of aryl methyl sites for hydroxylation is 2. The fourth-order valence-electron chi connectivity index (χ4n) is 4.50. The monoisotopic (exact) mass is 510 g/mol. The zero-order chi connectivity index (χ0) is 25.7. The molecule has 2 aromatic heterocycles. The fourth-order valence-corrected chi connectivity index (χ4v) is 4.61. The number of pyridine rings is 1. The Morgan fingerprint density at radius 3 is 2.72 bits per heavy atom. The molecule has 3 heterocycles. The van der Waals surface area contributed by atoms with Crippen LogP contribution in [0.5, 0.6) is 5.75 Å². The van der Waals surface area contributed by atoms with Gasteiger partial charge < -0.3 is 9.84 Å². The summed E-state index contributed by atoms with van der Waals surface area (Å²) in [6.07, 6.45) is 5.27. The van der Waals surface area contributed by atoms with E-state index in [0.29, 0.717) is 54.4 Å². The van der Waals surface area contributed by atoms with Crippen LogP contribution in [0.2, 0.25) is 5.02 Å². The predicted octanol–water partition coefficient (Wildman–Crippen LogP) is 3.84. The van der Waals surface area contributed by atoms with E-state index in [-0.39, 0.29) is 24.6 Å². The molecule has 36 heavy (non-hydrogen) atoms. The zero-order valence-electron chi connectivity index (χ0n) is 20.6. The molecule has 0 spiro atoms. The van der Waals surface area contributed by atoms with Crippen LogP contribution in [-0.4, -0.2) is 31.7 Å². The van der Waals surface area contributed by atoms with Gasteiger partial charge in [0.25, 0.3) is 5.56 Å². The van der Waals surface area contributed by atoms with Gasteiger partial charge in [-0.05, 0) is 62.3 Å². The second-order valence-corrected chi connectivity index (χ2v) is 9.37. The number of hydrogen-bond donors (Lipinski definition) is 1. The summed E-state index contributed by atoms with van der Waals surface area (Å²) in [7, 11) is 1.62. The number of rotatable bonds is 8. The number of benzene rings is 1. The first-order valence-electron chi connectivity index (χ1n) is 12.3. The number of para-hydroxylation sites is 1. The average Bonchev–Trinajstić information content (AvgIpc) is 3.07. The van der Waals surface area contributed by atoms with Crippen LogP contribution in [0, 0.1) is 5.92 Å². The summed E-state index contributed by atoms with van der Waals surface area (Å²) >= 11 is 5.99. The van der Waals surface area contributed by atoms with Gasteiger partial charge in [0.1, 0.15) is 11.6 Å². The molecule has 1 aliphatic rings. The maximum Gasteiger partial charge on any atom is 0.332 e. The quantitative estimate of drug-likeness (QED) is 0.496. The SMILES string of the molecule is CCc1ccccc1OC1=Nc2c(c(=O)n(CCCO)c(=O)n2C)CCC1CCc1ccc(Cl)cn1. The lowest BCUT2D eigenvalue weighted by Crippen LogP contribution is -2.41. The summed E-state index contributed by atoms with van der Waals surface area (Å²) in [4.78, 5) is 35.5. The van der Waals surface area contributed by atoms with Gasteiger partial charge in [0.05, 0.1) is 10.6 Å². The maximum atomic E-state index is 13.3. The summed E-state index contributed by atoms with van der Waals surface area (Å²) in [6.45, 7) is 2.13. The lowest BCUT2D eigenvalue weighted by molar-refractivity contribution is 0.277. The third-order valence-corrected chi connectivity index (χ3v) is 6.79. The Bertz CT molecular complexity index is 1360. The standard InChI is InChI=1S/C27H31ClN4O4/c1-3-18-7-4-5-8-23(18)36-25-19(9-12-21-13-11-20(28)17-29-21)10-14-22-24(30-25)31(2)27(35)32(26(22)34)15-6-16-33/h4-5,7-8,11,13,17,19,33H,3,6,9-10,12,14-16H2,1-2H3. The van der Waals surface area contributed by atoms with Gasteiger partial charge in [0.2, 0.25) is 0 Å². The molecule has 0 amide bonds. The zero-order valence-corrected chi connectivity index (χ0v) is 21.4. The molecule has 8 nitrogen and oxygen atoms in total. The lowest BCUT2D eigenvalue weighted by Gasteiger charge is -2.19. The Balaban J connectivity index is 1.75. The second-order valence-electron chi connectivity index (χ2n) is 8.93. The number of fused-ring (bicyclic) bond motifs is 1. The van der Waals surface area contributed by atoms with E-state index in [0.717, 1.165) is 23.4 Å². The number of nitrogens with zero attached hydrogens (tertiary/aromatic N) is 4. The number of aromatic nitrogens is 3. The van der Waals surface area contributed by atoms with Gasteiger partial charge in [-0.25, -0.2) is 4.79 Å². The molecule has 4 rings (SSSR count). The van der Waals surface area contributed by atoms with Gasteiger partial charge in [-0.15, -0.1) is 0 Å². The van der Waals surface area contributed by atoms with Crippen LogP contribution in [0.25, 0.3) is 0 Å². The van der Waals surface area contributed by atoms with Crippen molar-refractivity contribution in [1.29, 1.82) is 0 Å². The van der Waals surface area contributed by atoms with Crippen molar-refractivity contribution in [3.8, 4) is 5.75 Å². The number of ether oxygens (including phenoxy) is 1. The summed E-state index contributed by atoms with van der Waals surface area (Å²) in [5, 5.41) is 9.79. The van der Waals surface area contributed by atoms with Gasteiger partial charge in [-0.2, -0.15) is 4.99 Å². The minimum atomic E-state index is -0.451. The minimum absolute atomic E-state index is 0.0832. The highest BCUT2D eigenvalue weighted by molar-refractivity contribution is 6.30. The molecule has 190 valence electrons. The first-order chi connectivity index (χ1) is 17.4. The molecule has 0 saturated heterocycles. The fraction of sp³-hybridized carbons (Fsp3) is 0.407. The van der Waals surface area contributed by atoms with Gasteiger partial charge in [-0.3, -0.25) is 18.9 Å². The number of hydrogen-bond acceptors (Lipinski definition) is 6. The molecule has 0 saturated carbocycles. The van der Waals surface area contributed by atoms with E-state index < -0.39 is 5.69 Å². The number of aliphatic hydroxyl groups excluding tert-OH is 1. The molecule has 3 aromatic rings. The van der Waals surface area contributed by atoms with E-state index in [1.807, 2.05) is 36.4 Å². The molecule has 1 aliphatic heterocycles. The van der Waals surface area contributed by atoms with Crippen LogP contribution in [0.3, 0.4) is 0 Å². The summed E-state index contributed by atoms with van der Waals surface area (Å²) < 4.78 is 9.01. The number of aliphatic hydroxyl groups is 1. The van der Waals surface area contributed by atoms with Crippen LogP contribution in [-0.2, 0) is 32.9 Å². The van der Waals surface area contributed by atoms with Gasteiger partial charge in [0.15, 0.2) is 5.90 Å². The lowest BCUT2D eigenvalue weighted by atomic mass is 9.95. The van der Waals surface area contributed by atoms with Crippen molar-refractivity contribution in [1.82, 2.24) is 14.1 Å². The van der Waals surface area contributed by atoms with Gasteiger partial charge in [-0.1, -0.05) is 36.7 Å². The average molecular weight is 511 g/mol. The largest absolute Gasteiger partial charge is 0.442 e. The molecular weight excluding hydrogens is 480 g/mol. The normalized spacial score (nSPS) is 15.2. The molecule has 0 bridgehead atoms. The Hall–Kier alpha value is -3.23. The van der Waals surface area contributed by atoms with Crippen molar-refractivity contribution in [2.75, 3.05) is 6.61 Å². The van der Waals surface area contributed by atoms with E-state index in [9.17, 15) is 14.7 Å². The van der Waals surface area contributed by atoms with Crippen molar-refractivity contribution in [2.24, 2.45) is 18.0 Å². The predicted molar refractivity (Wildman–Crippen MR) is 141 cm³/mol. The molecule has 0 fully saturated rings. The van der Waals surface area contributed by atoms with Crippen molar-refractivity contribution >= 4 is 23.3 Å². The van der Waals surface area contributed by atoms with Crippen LogP contribution in [0.15, 0.2) is 57.2 Å². The highest BCUT2D eigenvalue weighted by atomic mass is 35.5. The van der Waals surface area contributed by atoms with E-state index in [2.05, 4.69) is 11.9 Å². The van der Waals surface area contributed by atoms with Crippen LogP contribution in [0.4, 0.5) is 5.82 Å². The van der Waals surface area contributed by atoms with Crippen LogP contribution >= 0.6 is 11.6 Å². The second kappa shape index (κ2) is 11.7. The molecule has 9 heteroatoms. The van der Waals surface area contributed by atoms with Crippen LogP contribution in [0.1, 0.15) is 43.0 Å². The molecule has 0 radical (unpaired) electrons. The molecule has 1 N–H and O–H groups in total. The van der Waals surface area contributed by atoms with E-state index >= 15 is 0 Å². The van der Waals surface area contributed by atoms with Crippen molar-refractivity contribution < 1.29 is 9.84 Å². The van der Waals surface area contributed by atoms with Gasteiger partial charge >= 0.3 is 5.69 Å². The van der Waals surface area contributed by atoms with Crippen molar-refractivity contribution in [2.45, 2.75) is 52.0 Å². The molecule has 1 unspecified atom stereocenters. The molecule has 0 aliphatic carbocycles. The molecular formula is C27H31ClN4O4. The topological polar surface area (TPSA) is 98.7 Å². The summed E-state index contributed by atoms with van der Waals surface area (Å²) in [5.74, 6) is 1.46. The van der Waals surface area contributed by atoms with E-state index in [1.54, 1.807) is 13.2 Å². The number of halogens is 1. The Morgan fingerprint density at radius 2 is 2.00 bits per heavy atom. The Kier molecular flexibility index (Phi) is 8.38. The van der Waals surface area contributed by atoms with Crippen molar-refractivity contribution in [3.63, 3.8) is 0 Å². The third-order valence-electron chi connectivity index (χ3n) is 6.56. The first-order valence-corrected chi connectivity index (χ1v) is 12.7. The first kappa shape index (κ1) is 25.9. The van der Waals surface area contributed by atoms with E-state index in [1.165, 1.54) is 9.13 Å². The highest BCUT2D eigenvalue weighted by Gasteiger charge is 2.28. The Morgan fingerprint density at radius 1 is 1.19 bits per heavy atom. The maximum absolute atomic E-state index is 13.3. The molecule has 1 aromatic carbocycles. The minimum Gasteiger partial charge on any atom is -0.442 e. The smallest absolute Gasteiger partial charge is 0.332 e. The summed E-state index contributed by atoms with van der Waals surface area (Å²) in [6, 6.07) is 11.5. The third kappa shape index (κ3) is 5.60. The Labute approximate surface area is 214 Å².